The van der Waals surface area contributed by atoms with Crippen molar-refractivity contribution in [2.24, 2.45) is 5.73 Å². The Labute approximate surface area is 121 Å². The van der Waals surface area contributed by atoms with Gasteiger partial charge in [-0.3, -0.25) is 4.21 Å². The zero-order valence-corrected chi connectivity index (χ0v) is 12.9. The Morgan fingerprint density at radius 3 is 2.42 bits per heavy atom. The molecule has 0 spiro atoms. The van der Waals surface area contributed by atoms with E-state index in [4.69, 9.17) is 18.0 Å². The summed E-state index contributed by atoms with van der Waals surface area (Å²) in [6.07, 6.45) is 2.12. The lowest BCUT2D eigenvalue weighted by Crippen LogP contribution is -2.25. The minimum absolute atomic E-state index is 0.158. The summed E-state index contributed by atoms with van der Waals surface area (Å²) < 4.78 is 37.1. The van der Waals surface area contributed by atoms with Gasteiger partial charge in [0.15, 0.2) is 0 Å². The molecule has 1 unspecified atom stereocenters. The zero-order valence-electron chi connectivity index (χ0n) is 10.5. The molecule has 1 aromatic rings. The number of nitrogens with two attached hydrogens (primary N) is 1. The second kappa shape index (κ2) is 7.09. The Balaban J connectivity index is 2.66. The van der Waals surface area contributed by atoms with Gasteiger partial charge in [0.1, 0.15) is 4.99 Å². The van der Waals surface area contributed by atoms with Gasteiger partial charge in [-0.25, -0.2) is 13.1 Å². The Hall–Kier alpha value is -0.830. The SMILES string of the molecule is CS(=O)CCCNS(=O)(=O)c1ccc(C(N)=S)cc1. The molecule has 8 heteroatoms. The number of hydrogen-bond acceptors (Lipinski definition) is 4. The summed E-state index contributed by atoms with van der Waals surface area (Å²) in [6, 6.07) is 6.04. The van der Waals surface area contributed by atoms with Crippen molar-refractivity contribution >= 4 is 38.0 Å². The highest BCUT2D eigenvalue weighted by molar-refractivity contribution is 7.89. The molecule has 0 saturated heterocycles. The molecule has 1 rings (SSSR count). The molecule has 0 aliphatic rings. The molecule has 0 fully saturated rings. The van der Waals surface area contributed by atoms with Crippen LogP contribution in [-0.2, 0) is 20.8 Å². The molecule has 0 amide bonds. The number of sulfonamides is 1. The van der Waals surface area contributed by atoms with Crippen LogP contribution in [0.2, 0.25) is 0 Å². The predicted octanol–water partition coefficient (Wildman–Crippen LogP) is 0.368. The Morgan fingerprint density at radius 1 is 1.37 bits per heavy atom. The summed E-state index contributed by atoms with van der Waals surface area (Å²) >= 11 is 4.79. The maximum absolute atomic E-state index is 11.9. The number of hydrogen-bond donors (Lipinski definition) is 2. The largest absolute Gasteiger partial charge is 0.389 e. The first-order valence-corrected chi connectivity index (χ1v) is 9.14. The van der Waals surface area contributed by atoms with Crippen LogP contribution in [0.15, 0.2) is 29.2 Å². The molecule has 5 nitrogen and oxygen atoms in total. The van der Waals surface area contributed by atoms with Crippen LogP contribution in [0.4, 0.5) is 0 Å². The summed E-state index contributed by atoms with van der Waals surface area (Å²) in [5.41, 5.74) is 6.06. The van der Waals surface area contributed by atoms with Crippen molar-refractivity contribution < 1.29 is 12.6 Å². The first-order valence-electron chi connectivity index (χ1n) is 5.52. The highest BCUT2D eigenvalue weighted by atomic mass is 32.2. The fourth-order valence-electron chi connectivity index (χ4n) is 1.36. The van der Waals surface area contributed by atoms with Gasteiger partial charge < -0.3 is 5.73 Å². The van der Waals surface area contributed by atoms with Gasteiger partial charge in [-0.05, 0) is 18.6 Å². The smallest absolute Gasteiger partial charge is 0.240 e. The molecule has 0 aliphatic heterocycles. The topological polar surface area (TPSA) is 89.3 Å². The fourth-order valence-corrected chi connectivity index (χ4v) is 3.12. The second-order valence-electron chi connectivity index (χ2n) is 3.92. The van der Waals surface area contributed by atoms with Crippen molar-refractivity contribution in [1.29, 1.82) is 0 Å². The summed E-state index contributed by atoms with van der Waals surface area (Å²) in [4.78, 5) is 0.382. The molecular weight excluding hydrogens is 304 g/mol. The molecule has 19 heavy (non-hydrogen) atoms. The molecule has 0 heterocycles. The normalized spacial score (nSPS) is 13.1. The van der Waals surface area contributed by atoms with E-state index in [9.17, 15) is 12.6 Å². The third kappa shape index (κ3) is 5.35. The molecule has 106 valence electrons. The average molecular weight is 320 g/mol. The van der Waals surface area contributed by atoms with Crippen LogP contribution in [0, 0.1) is 0 Å². The molecular formula is C11H16N2O3S3. The number of nitrogens with one attached hydrogen (secondary N) is 1. The summed E-state index contributed by atoms with van der Waals surface area (Å²) in [5, 5.41) is 0. The van der Waals surface area contributed by atoms with E-state index < -0.39 is 20.8 Å². The molecule has 3 N–H and O–H groups in total. The van der Waals surface area contributed by atoms with E-state index in [0.717, 1.165) is 0 Å². The predicted molar refractivity (Wildman–Crippen MR) is 81.1 cm³/mol. The van der Waals surface area contributed by atoms with Crippen LogP contribution in [-0.4, -0.2) is 36.2 Å². The lowest BCUT2D eigenvalue weighted by atomic mass is 10.2. The van der Waals surface area contributed by atoms with Gasteiger partial charge in [0, 0.05) is 34.9 Å². The Bertz CT molecular complexity index is 567. The van der Waals surface area contributed by atoms with Crippen LogP contribution in [0.25, 0.3) is 0 Å². The number of benzene rings is 1. The van der Waals surface area contributed by atoms with Crippen molar-refractivity contribution in [3.05, 3.63) is 29.8 Å². The first-order chi connectivity index (χ1) is 8.83. The second-order valence-corrected chi connectivity index (χ2v) is 7.68. The zero-order chi connectivity index (χ0) is 14.5. The van der Waals surface area contributed by atoms with Crippen molar-refractivity contribution in [3.8, 4) is 0 Å². The molecule has 0 radical (unpaired) electrons. The van der Waals surface area contributed by atoms with Gasteiger partial charge in [0.2, 0.25) is 10.0 Å². The lowest BCUT2D eigenvalue weighted by molar-refractivity contribution is 0.580. The molecule has 0 bridgehead atoms. The highest BCUT2D eigenvalue weighted by Gasteiger charge is 2.13. The van der Waals surface area contributed by atoms with Crippen LogP contribution in [0.1, 0.15) is 12.0 Å². The van der Waals surface area contributed by atoms with E-state index in [-0.39, 0.29) is 16.4 Å². The van der Waals surface area contributed by atoms with Crippen molar-refractivity contribution in [2.75, 3.05) is 18.6 Å². The van der Waals surface area contributed by atoms with Gasteiger partial charge in [-0.2, -0.15) is 0 Å². The molecule has 1 aromatic carbocycles. The highest BCUT2D eigenvalue weighted by Crippen LogP contribution is 2.10. The van der Waals surface area contributed by atoms with E-state index in [2.05, 4.69) is 4.72 Å². The van der Waals surface area contributed by atoms with Crippen LogP contribution >= 0.6 is 12.2 Å². The summed E-state index contributed by atoms with van der Waals surface area (Å²) in [5.74, 6) is 0.475. The minimum Gasteiger partial charge on any atom is -0.389 e. The molecule has 0 aromatic heterocycles. The van der Waals surface area contributed by atoms with Crippen LogP contribution in [0.3, 0.4) is 0 Å². The summed E-state index contributed by atoms with van der Waals surface area (Å²) in [7, 11) is -4.44. The molecule has 1 atom stereocenters. The first kappa shape index (κ1) is 16.2. The monoisotopic (exact) mass is 320 g/mol. The lowest BCUT2D eigenvalue weighted by Gasteiger charge is -2.07. The third-order valence-corrected chi connectivity index (χ3v) is 4.93. The van der Waals surface area contributed by atoms with E-state index in [0.29, 0.717) is 17.7 Å². The minimum atomic E-state index is -3.53. The van der Waals surface area contributed by atoms with E-state index in [1.165, 1.54) is 12.1 Å². The maximum atomic E-state index is 11.9. The average Bonchev–Trinajstić information content (AvgIpc) is 2.34. The van der Waals surface area contributed by atoms with Crippen molar-refractivity contribution in [1.82, 2.24) is 4.72 Å². The van der Waals surface area contributed by atoms with Crippen LogP contribution in [0.5, 0.6) is 0 Å². The van der Waals surface area contributed by atoms with Crippen LogP contribution < -0.4 is 10.5 Å². The van der Waals surface area contributed by atoms with Gasteiger partial charge in [0.05, 0.1) is 4.90 Å². The maximum Gasteiger partial charge on any atom is 0.240 e. The van der Waals surface area contributed by atoms with Crippen molar-refractivity contribution in [2.45, 2.75) is 11.3 Å². The van der Waals surface area contributed by atoms with E-state index >= 15 is 0 Å². The Morgan fingerprint density at radius 2 is 1.95 bits per heavy atom. The molecule has 0 aliphatic carbocycles. The van der Waals surface area contributed by atoms with E-state index in [1.54, 1.807) is 18.4 Å². The quantitative estimate of drug-likeness (QED) is 0.559. The van der Waals surface area contributed by atoms with Gasteiger partial charge in [-0.1, -0.05) is 24.4 Å². The standard InChI is InChI=1S/C11H16N2O3S3/c1-18(14)8-2-7-13-19(15,16)10-5-3-9(4-6-10)11(12)17/h3-6,13H,2,7-8H2,1H3,(H2,12,17). The number of thiocarbonyl (C=S) groups is 1. The van der Waals surface area contributed by atoms with Gasteiger partial charge in [0.25, 0.3) is 0 Å². The Kier molecular flexibility index (Phi) is 6.05. The molecule has 0 saturated carbocycles. The van der Waals surface area contributed by atoms with Crippen molar-refractivity contribution in [3.63, 3.8) is 0 Å². The fraction of sp³-hybridized carbons (Fsp3) is 0.364. The number of rotatable bonds is 7. The summed E-state index contributed by atoms with van der Waals surface area (Å²) in [6.45, 7) is 0.263. The van der Waals surface area contributed by atoms with Gasteiger partial charge in [-0.15, -0.1) is 0 Å². The third-order valence-electron chi connectivity index (χ3n) is 2.35. The van der Waals surface area contributed by atoms with E-state index in [1.807, 2.05) is 0 Å². The van der Waals surface area contributed by atoms with Gasteiger partial charge >= 0.3 is 0 Å².